The molecular weight excluding hydrogens is 1250 g/mol. The van der Waals surface area contributed by atoms with Gasteiger partial charge in [-0.1, -0.05) is 188 Å². The average molecular weight is 1390 g/mol. The molecule has 0 saturated carbocycles. The number of aliphatic hydroxyl groups is 18. The van der Waals surface area contributed by atoms with Crippen LogP contribution in [0.2, 0.25) is 0 Å². The van der Waals surface area contributed by atoms with Crippen LogP contribution in [0.25, 0.3) is 0 Å². The third-order valence-corrected chi connectivity index (χ3v) is 11.7. The highest BCUT2D eigenvalue weighted by atomic mass is 16.4. The Morgan fingerprint density at radius 3 is 0.490 bits per heavy atom. The molecule has 21 N–H and O–H groups in total. The van der Waals surface area contributed by atoms with Crippen molar-refractivity contribution in [3.05, 3.63) is 109 Å². The summed E-state index contributed by atoms with van der Waals surface area (Å²) in [6, 6.07) is 0. The van der Waals surface area contributed by atoms with Gasteiger partial charge in [0.15, 0.2) is 0 Å². The Bertz CT molecular complexity index is 1490. The SMILES string of the molecule is CC/C=C\C/C=C\C/C=C\CCCCCCCC(=O)O.CC/C=C\C/C=C\C/C=C\CCCCCCCC(=O)O.CC/C=C\C/C=C\C/C=C\CCCCCCCC(=O)O.OCC(O)CO.OCC(O)CO.OCC(O)CO.OCC(O)CO.OCC(O)CO.OCC(O)CO. The summed E-state index contributed by atoms with van der Waals surface area (Å²) < 4.78 is 0. The first-order valence-corrected chi connectivity index (χ1v) is 34.1. The van der Waals surface area contributed by atoms with Crippen LogP contribution in [0.5, 0.6) is 0 Å². The van der Waals surface area contributed by atoms with Gasteiger partial charge in [-0.2, -0.15) is 0 Å². The first kappa shape index (κ1) is 110. The Hall–Kier alpha value is -4.65. The van der Waals surface area contributed by atoms with Crippen molar-refractivity contribution < 1.29 is 122 Å². The normalized spacial score (nSPS) is 11.3. The fraction of sp³-hybridized carbons (Fsp3) is 0.708. The van der Waals surface area contributed by atoms with E-state index in [-0.39, 0.29) is 79.3 Å². The molecule has 0 saturated heterocycles. The number of carboxylic acids is 3. The molecule has 0 radical (unpaired) electrons. The van der Waals surface area contributed by atoms with Gasteiger partial charge in [-0.3, -0.25) is 14.4 Å². The number of aliphatic hydroxyl groups excluding tert-OH is 18. The van der Waals surface area contributed by atoms with Crippen LogP contribution in [0.3, 0.4) is 0 Å². The second kappa shape index (κ2) is 106. The summed E-state index contributed by atoms with van der Waals surface area (Å²) in [5.41, 5.74) is 0. The molecule has 0 unspecified atom stereocenters. The minimum absolute atomic E-state index is 0.319. The van der Waals surface area contributed by atoms with Crippen LogP contribution < -0.4 is 0 Å². The standard InChI is InChI=1S/3C18H30O2.6C3H8O3/c3*1-2-3-4-5-6-7-8-9-10-11-12-13-14-15-16-17-18(19)20;6*4-1-3(6)2-5/h3*3-4,6-7,9-10H,2,5,8,11-17H2,1H3,(H,19,20);6*3-6H,1-2H2/b3*4-3-,7-6-,10-9-;;;;;;. The second-order valence-corrected chi connectivity index (χ2v) is 21.1. The minimum Gasteiger partial charge on any atom is -0.481 e. The van der Waals surface area contributed by atoms with E-state index in [2.05, 4.69) is 130 Å². The molecule has 0 spiro atoms. The van der Waals surface area contributed by atoms with E-state index in [1.807, 2.05) is 0 Å². The molecule has 0 atom stereocenters. The molecule has 0 heterocycles. The lowest BCUT2D eigenvalue weighted by Crippen LogP contribution is -2.15. The smallest absolute Gasteiger partial charge is 0.303 e. The number of hydrogen-bond donors (Lipinski definition) is 21. The van der Waals surface area contributed by atoms with Gasteiger partial charge in [-0.25, -0.2) is 0 Å². The Morgan fingerprint density at radius 1 is 0.219 bits per heavy atom. The fourth-order valence-corrected chi connectivity index (χ4v) is 6.03. The quantitative estimate of drug-likeness (QED) is 0.0216. The average Bonchev–Trinajstić information content (AvgIpc) is 3.60. The van der Waals surface area contributed by atoms with E-state index in [0.717, 1.165) is 135 Å². The van der Waals surface area contributed by atoms with Gasteiger partial charge in [0, 0.05) is 19.3 Å². The molecule has 0 fully saturated rings. The number of aliphatic carboxylic acids is 3. The van der Waals surface area contributed by atoms with Crippen molar-refractivity contribution in [2.24, 2.45) is 0 Å². The predicted octanol–water partition coefficient (Wildman–Crippen LogP) is 6.97. The molecule has 0 aliphatic carbocycles. The fourth-order valence-electron chi connectivity index (χ4n) is 6.03. The van der Waals surface area contributed by atoms with Crippen LogP contribution in [0.4, 0.5) is 0 Å². The van der Waals surface area contributed by atoms with E-state index in [1.165, 1.54) is 38.5 Å². The van der Waals surface area contributed by atoms with Crippen molar-refractivity contribution in [1.29, 1.82) is 0 Å². The van der Waals surface area contributed by atoms with Gasteiger partial charge in [0.1, 0.15) is 36.6 Å². The Kier molecular flexibility index (Phi) is 122. The van der Waals surface area contributed by atoms with Crippen LogP contribution in [0.1, 0.15) is 213 Å². The summed E-state index contributed by atoms with van der Waals surface area (Å²) in [5.74, 6) is -2.02. The number of allylic oxidation sites excluding steroid dienone is 18. The van der Waals surface area contributed by atoms with Crippen LogP contribution >= 0.6 is 0 Å². The lowest BCUT2D eigenvalue weighted by molar-refractivity contribution is -0.138. The highest BCUT2D eigenvalue weighted by molar-refractivity contribution is 5.67. The molecule has 24 nitrogen and oxygen atoms in total. The van der Waals surface area contributed by atoms with E-state index >= 15 is 0 Å². The number of unbranched alkanes of at least 4 members (excludes halogenated alkanes) is 15. The molecule has 0 amide bonds. The molecular formula is C72H138O24. The van der Waals surface area contributed by atoms with Gasteiger partial charge in [0.05, 0.1) is 79.3 Å². The van der Waals surface area contributed by atoms with Gasteiger partial charge in [0.2, 0.25) is 0 Å². The van der Waals surface area contributed by atoms with Crippen molar-refractivity contribution in [3.8, 4) is 0 Å². The lowest BCUT2D eigenvalue weighted by Gasteiger charge is -1.98. The Morgan fingerprint density at radius 2 is 0.354 bits per heavy atom. The predicted molar refractivity (Wildman–Crippen MR) is 382 cm³/mol. The maximum Gasteiger partial charge on any atom is 0.303 e. The molecule has 24 heteroatoms. The first-order chi connectivity index (χ1) is 46.2. The third-order valence-electron chi connectivity index (χ3n) is 11.7. The summed E-state index contributed by atoms with van der Waals surface area (Å²) in [6.07, 6.45) is 64.4. The number of carboxylic acid groups (broad SMARTS) is 3. The van der Waals surface area contributed by atoms with Crippen molar-refractivity contribution in [2.45, 2.75) is 250 Å². The van der Waals surface area contributed by atoms with Crippen LogP contribution in [0, 0.1) is 0 Å². The largest absolute Gasteiger partial charge is 0.481 e. The molecule has 0 aliphatic rings. The molecule has 0 aromatic carbocycles. The van der Waals surface area contributed by atoms with Crippen molar-refractivity contribution >= 4 is 17.9 Å². The lowest BCUT2D eigenvalue weighted by atomic mass is 10.1. The van der Waals surface area contributed by atoms with Gasteiger partial charge in [0.25, 0.3) is 0 Å². The summed E-state index contributed by atoms with van der Waals surface area (Å²) in [5, 5.41) is 170. The van der Waals surface area contributed by atoms with Crippen molar-refractivity contribution in [3.63, 3.8) is 0 Å². The van der Waals surface area contributed by atoms with Crippen LogP contribution in [-0.2, 0) is 14.4 Å². The van der Waals surface area contributed by atoms with E-state index in [9.17, 15) is 14.4 Å². The molecule has 0 rings (SSSR count). The van der Waals surface area contributed by atoms with Crippen molar-refractivity contribution in [1.82, 2.24) is 0 Å². The molecule has 0 aromatic rings. The van der Waals surface area contributed by atoms with E-state index < -0.39 is 54.5 Å². The van der Waals surface area contributed by atoms with Gasteiger partial charge in [-0.05, 0) is 116 Å². The van der Waals surface area contributed by atoms with Gasteiger partial charge in [-0.15, -0.1) is 0 Å². The van der Waals surface area contributed by atoms with Crippen LogP contribution in [-0.4, -0.2) is 241 Å². The first-order valence-electron chi connectivity index (χ1n) is 34.1. The second-order valence-electron chi connectivity index (χ2n) is 21.1. The van der Waals surface area contributed by atoms with Crippen molar-refractivity contribution in [2.75, 3.05) is 79.3 Å². The maximum absolute atomic E-state index is 10.3. The van der Waals surface area contributed by atoms with E-state index in [4.69, 9.17) is 107 Å². The highest BCUT2D eigenvalue weighted by Crippen LogP contribution is 2.10. The zero-order valence-corrected chi connectivity index (χ0v) is 58.7. The molecule has 0 aliphatic heterocycles. The maximum atomic E-state index is 10.3. The summed E-state index contributed by atoms with van der Waals surface area (Å²) in [6.45, 7) is 2.07. The number of hydrogen-bond acceptors (Lipinski definition) is 21. The molecule has 96 heavy (non-hydrogen) atoms. The number of carbonyl (C=O) groups is 3. The monoisotopic (exact) mass is 1390 g/mol. The summed E-state index contributed by atoms with van der Waals surface area (Å²) in [4.78, 5) is 30.9. The minimum atomic E-state index is -0.954. The van der Waals surface area contributed by atoms with E-state index in [0.29, 0.717) is 19.3 Å². The topological polar surface area (TPSA) is 476 Å². The molecule has 570 valence electrons. The third kappa shape index (κ3) is 141. The molecule has 0 bridgehead atoms. The zero-order valence-electron chi connectivity index (χ0n) is 58.7. The van der Waals surface area contributed by atoms with Gasteiger partial charge >= 0.3 is 17.9 Å². The van der Waals surface area contributed by atoms with E-state index in [1.54, 1.807) is 0 Å². The summed E-state index contributed by atoms with van der Waals surface area (Å²) >= 11 is 0. The number of rotatable bonds is 51. The Balaban J connectivity index is -0.000000135. The molecule has 0 aromatic heterocycles. The van der Waals surface area contributed by atoms with Gasteiger partial charge < -0.3 is 107 Å². The summed E-state index contributed by atoms with van der Waals surface area (Å²) in [7, 11) is 0. The Labute approximate surface area is 576 Å². The van der Waals surface area contributed by atoms with Crippen LogP contribution in [0.15, 0.2) is 109 Å². The zero-order chi connectivity index (χ0) is 74.6. The highest BCUT2D eigenvalue weighted by Gasteiger charge is 2.00.